The average Bonchev–Trinajstić information content (AvgIpc) is 3.08. The molecule has 0 saturated heterocycles. The molecule has 0 heterocycles. The summed E-state index contributed by atoms with van der Waals surface area (Å²) in [4.78, 5) is 12.7. The van der Waals surface area contributed by atoms with E-state index in [2.05, 4.69) is 5.32 Å². The summed E-state index contributed by atoms with van der Waals surface area (Å²) in [5.74, 6) is 0.959. The number of hydrogen-bond donors (Lipinski definition) is 2. The highest BCUT2D eigenvalue weighted by Crippen LogP contribution is 2.48. The molecule has 0 radical (unpaired) electrons. The first-order chi connectivity index (χ1) is 11.1. The number of halogens is 1. The van der Waals surface area contributed by atoms with Gasteiger partial charge in [-0.05, 0) is 61.6 Å². The SMILES string of the molecule is NC1C2CCC(C2)C1C(=O)NCC1(c2ccc(F)cc2)CCC1. The monoisotopic (exact) mass is 316 g/mol. The van der Waals surface area contributed by atoms with Gasteiger partial charge in [0.2, 0.25) is 5.91 Å². The molecule has 3 N–H and O–H groups in total. The summed E-state index contributed by atoms with van der Waals surface area (Å²) in [6, 6.07) is 6.80. The lowest BCUT2D eigenvalue weighted by Crippen LogP contribution is -2.50. The third kappa shape index (κ3) is 2.47. The Morgan fingerprint density at radius 2 is 1.91 bits per heavy atom. The van der Waals surface area contributed by atoms with E-state index in [0.29, 0.717) is 18.4 Å². The van der Waals surface area contributed by atoms with Crippen molar-refractivity contribution in [2.24, 2.45) is 23.5 Å². The van der Waals surface area contributed by atoms with E-state index in [1.54, 1.807) is 0 Å². The Kier molecular flexibility index (Phi) is 3.67. The molecule has 1 aromatic carbocycles. The molecule has 3 aliphatic carbocycles. The lowest BCUT2D eigenvalue weighted by Gasteiger charge is -2.43. The minimum atomic E-state index is -0.208. The number of benzene rings is 1. The van der Waals surface area contributed by atoms with Gasteiger partial charge in [0.1, 0.15) is 5.82 Å². The van der Waals surface area contributed by atoms with Gasteiger partial charge < -0.3 is 11.1 Å². The van der Waals surface area contributed by atoms with Crippen molar-refractivity contribution >= 4 is 5.91 Å². The fourth-order valence-electron chi connectivity index (χ4n) is 5.07. The molecule has 0 aliphatic heterocycles. The first kappa shape index (κ1) is 15.1. The fourth-order valence-corrected chi connectivity index (χ4v) is 5.07. The Hall–Kier alpha value is -1.42. The highest BCUT2D eigenvalue weighted by atomic mass is 19.1. The van der Waals surface area contributed by atoms with Crippen molar-refractivity contribution in [1.29, 1.82) is 0 Å². The van der Waals surface area contributed by atoms with Crippen molar-refractivity contribution in [3.8, 4) is 0 Å². The fraction of sp³-hybridized carbons (Fsp3) is 0.632. The van der Waals surface area contributed by atoms with E-state index in [-0.39, 0.29) is 29.1 Å². The molecule has 4 atom stereocenters. The molecule has 3 saturated carbocycles. The summed E-state index contributed by atoms with van der Waals surface area (Å²) in [7, 11) is 0. The van der Waals surface area contributed by atoms with E-state index < -0.39 is 0 Å². The molecule has 124 valence electrons. The summed E-state index contributed by atoms with van der Waals surface area (Å²) in [6.45, 7) is 0.651. The first-order valence-electron chi connectivity index (χ1n) is 8.88. The van der Waals surface area contributed by atoms with E-state index >= 15 is 0 Å². The Morgan fingerprint density at radius 1 is 1.22 bits per heavy atom. The van der Waals surface area contributed by atoms with Gasteiger partial charge >= 0.3 is 0 Å². The highest BCUT2D eigenvalue weighted by Gasteiger charge is 2.49. The molecular weight excluding hydrogens is 291 g/mol. The maximum absolute atomic E-state index is 13.2. The molecule has 3 aliphatic rings. The molecular formula is C19H25FN2O. The van der Waals surface area contributed by atoms with Crippen LogP contribution in [0.4, 0.5) is 4.39 Å². The molecule has 3 nitrogen and oxygen atoms in total. The summed E-state index contributed by atoms with van der Waals surface area (Å²) in [5, 5.41) is 3.18. The second-order valence-electron chi connectivity index (χ2n) is 7.79. The molecule has 1 amide bonds. The van der Waals surface area contributed by atoms with Crippen molar-refractivity contribution in [3.63, 3.8) is 0 Å². The lowest BCUT2D eigenvalue weighted by atomic mass is 9.64. The summed E-state index contributed by atoms with van der Waals surface area (Å²) >= 11 is 0. The van der Waals surface area contributed by atoms with E-state index in [1.807, 2.05) is 12.1 Å². The molecule has 3 fully saturated rings. The van der Waals surface area contributed by atoms with Gasteiger partial charge in [-0.1, -0.05) is 18.6 Å². The number of carbonyl (C=O) groups excluding carboxylic acids is 1. The molecule has 4 rings (SSSR count). The van der Waals surface area contributed by atoms with Crippen molar-refractivity contribution < 1.29 is 9.18 Å². The van der Waals surface area contributed by atoms with Gasteiger partial charge in [0.25, 0.3) is 0 Å². The van der Waals surface area contributed by atoms with E-state index in [4.69, 9.17) is 5.73 Å². The molecule has 0 spiro atoms. The standard InChI is InChI=1S/C19H25FN2O/c20-15-6-4-14(5-7-15)19(8-1-9-19)11-22-18(23)16-12-2-3-13(10-12)17(16)21/h4-7,12-13,16-17H,1-3,8-11,21H2,(H,22,23). The number of carbonyl (C=O) groups is 1. The molecule has 4 unspecified atom stereocenters. The predicted octanol–water partition coefficient (Wildman–Crippen LogP) is 2.74. The number of nitrogens with two attached hydrogens (primary N) is 1. The molecule has 1 aromatic rings. The topological polar surface area (TPSA) is 55.1 Å². The van der Waals surface area contributed by atoms with E-state index in [0.717, 1.165) is 31.2 Å². The third-order valence-electron chi connectivity index (χ3n) is 6.65. The van der Waals surface area contributed by atoms with Gasteiger partial charge in [0, 0.05) is 18.0 Å². The zero-order valence-electron chi connectivity index (χ0n) is 13.4. The number of hydrogen-bond acceptors (Lipinski definition) is 2. The van der Waals surface area contributed by atoms with Crippen LogP contribution in [0.3, 0.4) is 0 Å². The molecule has 4 heteroatoms. The van der Waals surface area contributed by atoms with Crippen LogP contribution in [0, 0.1) is 23.6 Å². The minimum absolute atomic E-state index is 0.000839. The van der Waals surface area contributed by atoms with Crippen LogP contribution in [0.25, 0.3) is 0 Å². The van der Waals surface area contributed by atoms with E-state index in [1.165, 1.54) is 25.0 Å². The van der Waals surface area contributed by atoms with Gasteiger partial charge in [0.15, 0.2) is 0 Å². The lowest BCUT2D eigenvalue weighted by molar-refractivity contribution is -0.127. The Balaban J connectivity index is 1.43. The number of nitrogens with one attached hydrogen (secondary N) is 1. The molecule has 0 aromatic heterocycles. The second kappa shape index (κ2) is 5.59. The number of rotatable bonds is 4. The maximum Gasteiger partial charge on any atom is 0.224 e. The van der Waals surface area contributed by atoms with Crippen LogP contribution < -0.4 is 11.1 Å². The van der Waals surface area contributed by atoms with Gasteiger partial charge in [-0.25, -0.2) is 4.39 Å². The number of fused-ring (bicyclic) bond motifs is 2. The Labute approximate surface area is 136 Å². The first-order valence-corrected chi connectivity index (χ1v) is 8.88. The average molecular weight is 316 g/mol. The maximum atomic E-state index is 13.2. The normalized spacial score (nSPS) is 34.2. The zero-order chi connectivity index (χ0) is 16.0. The largest absolute Gasteiger partial charge is 0.355 e. The second-order valence-corrected chi connectivity index (χ2v) is 7.79. The van der Waals surface area contributed by atoms with Gasteiger partial charge in [-0.2, -0.15) is 0 Å². The van der Waals surface area contributed by atoms with Crippen LogP contribution in [0.15, 0.2) is 24.3 Å². The van der Waals surface area contributed by atoms with Crippen LogP contribution in [0.1, 0.15) is 44.1 Å². The Morgan fingerprint density at radius 3 is 2.48 bits per heavy atom. The van der Waals surface area contributed by atoms with Crippen LogP contribution >= 0.6 is 0 Å². The Bertz CT molecular complexity index is 594. The van der Waals surface area contributed by atoms with Gasteiger partial charge in [-0.3, -0.25) is 4.79 Å². The summed E-state index contributed by atoms with van der Waals surface area (Å²) < 4.78 is 13.2. The van der Waals surface area contributed by atoms with Gasteiger partial charge in [-0.15, -0.1) is 0 Å². The summed E-state index contributed by atoms with van der Waals surface area (Å²) in [6.07, 6.45) is 6.75. The van der Waals surface area contributed by atoms with Crippen LogP contribution in [0.5, 0.6) is 0 Å². The molecule has 23 heavy (non-hydrogen) atoms. The van der Waals surface area contributed by atoms with Crippen molar-refractivity contribution in [2.45, 2.75) is 50.0 Å². The van der Waals surface area contributed by atoms with Gasteiger partial charge in [0.05, 0.1) is 5.92 Å². The van der Waals surface area contributed by atoms with Crippen LogP contribution in [-0.4, -0.2) is 18.5 Å². The van der Waals surface area contributed by atoms with E-state index in [9.17, 15) is 9.18 Å². The third-order valence-corrected chi connectivity index (χ3v) is 6.65. The van der Waals surface area contributed by atoms with Crippen LogP contribution in [0.2, 0.25) is 0 Å². The number of amides is 1. The highest BCUT2D eigenvalue weighted by molar-refractivity contribution is 5.80. The summed E-state index contributed by atoms with van der Waals surface area (Å²) in [5.41, 5.74) is 7.41. The van der Waals surface area contributed by atoms with Crippen molar-refractivity contribution in [1.82, 2.24) is 5.32 Å². The zero-order valence-corrected chi connectivity index (χ0v) is 13.4. The quantitative estimate of drug-likeness (QED) is 0.897. The smallest absolute Gasteiger partial charge is 0.224 e. The molecule has 2 bridgehead atoms. The predicted molar refractivity (Wildman–Crippen MR) is 87.2 cm³/mol. The minimum Gasteiger partial charge on any atom is -0.355 e. The van der Waals surface area contributed by atoms with Crippen molar-refractivity contribution in [3.05, 3.63) is 35.6 Å². The van der Waals surface area contributed by atoms with Crippen LogP contribution in [-0.2, 0) is 10.2 Å². The van der Waals surface area contributed by atoms with Crippen molar-refractivity contribution in [2.75, 3.05) is 6.54 Å².